The number of anilines is 1. The fourth-order valence-electron chi connectivity index (χ4n) is 2.30. The van der Waals surface area contributed by atoms with Crippen LogP contribution in [0.4, 0.5) is 10.1 Å². The Morgan fingerprint density at radius 3 is 2.55 bits per heavy atom. The van der Waals surface area contributed by atoms with E-state index in [1.165, 1.54) is 13.0 Å². The minimum atomic E-state index is -0.303. The van der Waals surface area contributed by atoms with E-state index in [9.17, 15) is 9.18 Å². The van der Waals surface area contributed by atoms with Crippen LogP contribution < -0.4 is 5.32 Å². The SMILES string of the molecule is CC(=O)Nc1ccc(-c2nc[nH]c2-c2ccccc2F)cc1. The summed E-state index contributed by atoms with van der Waals surface area (Å²) in [6.07, 6.45) is 1.54. The second-order valence-electron chi connectivity index (χ2n) is 4.86. The van der Waals surface area contributed by atoms with Crippen molar-refractivity contribution in [2.24, 2.45) is 0 Å². The molecule has 0 aliphatic carbocycles. The van der Waals surface area contributed by atoms with Crippen LogP contribution in [0.15, 0.2) is 54.9 Å². The molecule has 0 unspecified atom stereocenters. The van der Waals surface area contributed by atoms with Gasteiger partial charge in [0.1, 0.15) is 5.82 Å². The van der Waals surface area contributed by atoms with Crippen LogP contribution in [0.2, 0.25) is 0 Å². The van der Waals surface area contributed by atoms with Crippen LogP contribution in [0.3, 0.4) is 0 Å². The molecule has 22 heavy (non-hydrogen) atoms. The first-order chi connectivity index (χ1) is 10.6. The fraction of sp³-hybridized carbons (Fsp3) is 0.0588. The molecule has 0 bridgehead atoms. The molecule has 0 aliphatic rings. The molecule has 4 nitrogen and oxygen atoms in total. The average Bonchev–Trinajstić information content (AvgIpc) is 2.97. The monoisotopic (exact) mass is 295 g/mol. The quantitative estimate of drug-likeness (QED) is 0.771. The van der Waals surface area contributed by atoms with Gasteiger partial charge in [-0.3, -0.25) is 4.79 Å². The van der Waals surface area contributed by atoms with Crippen molar-refractivity contribution in [3.05, 3.63) is 60.7 Å². The van der Waals surface area contributed by atoms with E-state index in [1.807, 2.05) is 12.1 Å². The lowest BCUT2D eigenvalue weighted by Gasteiger charge is -2.06. The largest absolute Gasteiger partial charge is 0.344 e. The number of hydrogen-bond donors (Lipinski definition) is 2. The van der Waals surface area contributed by atoms with Crippen LogP contribution in [0.25, 0.3) is 22.5 Å². The first kappa shape index (κ1) is 14.0. The summed E-state index contributed by atoms with van der Waals surface area (Å²) in [5, 5.41) is 2.71. The first-order valence-electron chi connectivity index (χ1n) is 6.81. The summed E-state index contributed by atoms with van der Waals surface area (Å²) < 4.78 is 14.0. The molecule has 3 aromatic rings. The maximum Gasteiger partial charge on any atom is 0.221 e. The lowest BCUT2D eigenvalue weighted by atomic mass is 10.0. The van der Waals surface area contributed by atoms with Crippen molar-refractivity contribution >= 4 is 11.6 Å². The molecule has 2 N–H and O–H groups in total. The Kier molecular flexibility index (Phi) is 3.70. The number of benzene rings is 2. The Bertz CT molecular complexity index is 809. The Morgan fingerprint density at radius 1 is 1.14 bits per heavy atom. The molecule has 0 spiro atoms. The minimum Gasteiger partial charge on any atom is -0.344 e. The molecule has 5 heteroatoms. The summed E-state index contributed by atoms with van der Waals surface area (Å²) in [7, 11) is 0. The summed E-state index contributed by atoms with van der Waals surface area (Å²) in [6, 6.07) is 13.8. The number of H-pyrrole nitrogens is 1. The van der Waals surface area contributed by atoms with Crippen molar-refractivity contribution in [2.75, 3.05) is 5.32 Å². The molecule has 0 radical (unpaired) electrons. The Morgan fingerprint density at radius 2 is 1.86 bits per heavy atom. The Labute approximate surface area is 127 Å². The number of carbonyl (C=O) groups excluding carboxylic acids is 1. The molecule has 2 aromatic carbocycles. The zero-order valence-corrected chi connectivity index (χ0v) is 11.9. The van der Waals surface area contributed by atoms with E-state index in [0.29, 0.717) is 22.6 Å². The molecule has 1 aromatic heterocycles. The summed E-state index contributed by atoms with van der Waals surface area (Å²) >= 11 is 0. The van der Waals surface area contributed by atoms with Crippen LogP contribution >= 0.6 is 0 Å². The van der Waals surface area contributed by atoms with Gasteiger partial charge in [-0.1, -0.05) is 24.3 Å². The van der Waals surface area contributed by atoms with E-state index in [2.05, 4.69) is 15.3 Å². The summed E-state index contributed by atoms with van der Waals surface area (Å²) in [5.41, 5.74) is 3.32. The van der Waals surface area contributed by atoms with Gasteiger partial charge in [0.25, 0.3) is 0 Å². The Hall–Kier alpha value is -2.95. The molecule has 1 heterocycles. The standard InChI is InChI=1S/C17H14FN3O/c1-11(22)21-13-8-6-12(7-9-13)16-17(20-10-19-16)14-4-2-3-5-15(14)18/h2-10H,1H3,(H,19,20)(H,21,22). The van der Waals surface area contributed by atoms with Crippen LogP contribution in [0.5, 0.6) is 0 Å². The molecule has 1 amide bonds. The van der Waals surface area contributed by atoms with E-state index >= 15 is 0 Å². The number of carbonyl (C=O) groups is 1. The third-order valence-electron chi connectivity index (χ3n) is 3.26. The number of nitrogens with one attached hydrogen (secondary N) is 2. The smallest absolute Gasteiger partial charge is 0.221 e. The van der Waals surface area contributed by atoms with Gasteiger partial charge in [0.2, 0.25) is 5.91 Å². The van der Waals surface area contributed by atoms with E-state index in [0.717, 1.165) is 5.56 Å². The lowest BCUT2D eigenvalue weighted by molar-refractivity contribution is -0.114. The van der Waals surface area contributed by atoms with E-state index in [-0.39, 0.29) is 11.7 Å². The highest BCUT2D eigenvalue weighted by Crippen LogP contribution is 2.31. The van der Waals surface area contributed by atoms with Crippen molar-refractivity contribution < 1.29 is 9.18 Å². The topological polar surface area (TPSA) is 57.8 Å². The second kappa shape index (κ2) is 5.81. The summed E-state index contributed by atoms with van der Waals surface area (Å²) in [6.45, 7) is 1.46. The number of imidazole rings is 1. The van der Waals surface area contributed by atoms with Gasteiger partial charge in [-0.15, -0.1) is 0 Å². The number of amides is 1. The molecule has 0 fully saturated rings. The second-order valence-corrected chi connectivity index (χ2v) is 4.86. The third kappa shape index (κ3) is 2.74. The molecular weight excluding hydrogens is 281 g/mol. The number of nitrogens with zero attached hydrogens (tertiary/aromatic N) is 1. The molecule has 110 valence electrons. The zero-order chi connectivity index (χ0) is 15.5. The van der Waals surface area contributed by atoms with Crippen molar-refractivity contribution in [1.82, 2.24) is 9.97 Å². The molecular formula is C17H14FN3O. The van der Waals surface area contributed by atoms with Crippen LogP contribution in [-0.2, 0) is 4.79 Å². The predicted octanol–water partition coefficient (Wildman–Crippen LogP) is 3.84. The normalized spacial score (nSPS) is 10.5. The molecule has 0 saturated heterocycles. The molecule has 0 atom stereocenters. The lowest BCUT2D eigenvalue weighted by Crippen LogP contribution is -2.05. The highest BCUT2D eigenvalue weighted by molar-refractivity contribution is 5.89. The molecule has 0 aliphatic heterocycles. The van der Waals surface area contributed by atoms with Gasteiger partial charge in [-0.25, -0.2) is 9.37 Å². The fourth-order valence-corrected chi connectivity index (χ4v) is 2.30. The van der Waals surface area contributed by atoms with Gasteiger partial charge >= 0.3 is 0 Å². The summed E-state index contributed by atoms with van der Waals surface area (Å²) in [4.78, 5) is 18.3. The van der Waals surface area contributed by atoms with Gasteiger partial charge in [0.15, 0.2) is 0 Å². The van der Waals surface area contributed by atoms with Crippen molar-refractivity contribution in [3.8, 4) is 22.5 Å². The van der Waals surface area contributed by atoms with Crippen molar-refractivity contribution in [3.63, 3.8) is 0 Å². The van der Waals surface area contributed by atoms with Gasteiger partial charge in [-0.2, -0.15) is 0 Å². The van der Waals surface area contributed by atoms with Crippen molar-refractivity contribution in [1.29, 1.82) is 0 Å². The maximum atomic E-state index is 14.0. The van der Waals surface area contributed by atoms with Gasteiger partial charge in [0.05, 0.1) is 17.7 Å². The minimum absolute atomic E-state index is 0.125. The number of halogens is 1. The van der Waals surface area contributed by atoms with Crippen LogP contribution in [0.1, 0.15) is 6.92 Å². The highest BCUT2D eigenvalue weighted by atomic mass is 19.1. The van der Waals surface area contributed by atoms with Crippen LogP contribution in [0, 0.1) is 5.82 Å². The van der Waals surface area contributed by atoms with Gasteiger partial charge in [-0.05, 0) is 24.3 Å². The van der Waals surface area contributed by atoms with Gasteiger partial charge < -0.3 is 10.3 Å². The molecule has 0 saturated carbocycles. The van der Waals surface area contributed by atoms with E-state index in [1.54, 1.807) is 36.7 Å². The van der Waals surface area contributed by atoms with E-state index < -0.39 is 0 Å². The van der Waals surface area contributed by atoms with Gasteiger partial charge in [0, 0.05) is 23.7 Å². The number of aromatic nitrogens is 2. The first-order valence-corrected chi connectivity index (χ1v) is 6.81. The number of hydrogen-bond acceptors (Lipinski definition) is 2. The number of aromatic amines is 1. The third-order valence-corrected chi connectivity index (χ3v) is 3.26. The van der Waals surface area contributed by atoms with Crippen molar-refractivity contribution in [2.45, 2.75) is 6.92 Å². The zero-order valence-electron chi connectivity index (χ0n) is 11.9. The number of rotatable bonds is 3. The predicted molar refractivity (Wildman–Crippen MR) is 83.7 cm³/mol. The Balaban J connectivity index is 1.99. The summed E-state index contributed by atoms with van der Waals surface area (Å²) in [5.74, 6) is -0.428. The van der Waals surface area contributed by atoms with Crippen LogP contribution in [-0.4, -0.2) is 15.9 Å². The molecule has 3 rings (SSSR count). The van der Waals surface area contributed by atoms with E-state index in [4.69, 9.17) is 0 Å². The average molecular weight is 295 g/mol. The maximum absolute atomic E-state index is 14.0. The highest BCUT2D eigenvalue weighted by Gasteiger charge is 2.13.